The van der Waals surface area contributed by atoms with E-state index in [4.69, 9.17) is 5.41 Å². The molecule has 1 fully saturated rings. The molecule has 186 valence electrons. The number of halogens is 2. The van der Waals surface area contributed by atoms with E-state index in [1.807, 2.05) is 23.4 Å². The van der Waals surface area contributed by atoms with Crippen LogP contribution in [0.15, 0.2) is 47.6 Å². The Bertz CT molecular complexity index is 1220. The lowest BCUT2D eigenvalue weighted by Gasteiger charge is -2.41. The quantitative estimate of drug-likeness (QED) is 0.459. The molecule has 0 aliphatic carbocycles. The number of nitrogens with zero attached hydrogens (tertiary/aromatic N) is 5. The van der Waals surface area contributed by atoms with E-state index >= 15 is 0 Å². The van der Waals surface area contributed by atoms with E-state index in [0.29, 0.717) is 41.6 Å². The summed E-state index contributed by atoms with van der Waals surface area (Å²) in [5.41, 5.74) is 3.96. The largest absolute Gasteiger partial charge is 0.355 e. The highest BCUT2D eigenvalue weighted by molar-refractivity contribution is 7.82. The van der Waals surface area contributed by atoms with E-state index in [2.05, 4.69) is 20.4 Å². The number of benzene rings is 2. The van der Waals surface area contributed by atoms with Crippen LogP contribution < -0.4 is 5.32 Å². The summed E-state index contributed by atoms with van der Waals surface area (Å²) >= 11 is 0. The lowest BCUT2D eigenvalue weighted by molar-refractivity contribution is 0.0938. The zero-order valence-corrected chi connectivity index (χ0v) is 20.7. The normalized spacial score (nSPS) is 18.8. The van der Waals surface area contributed by atoms with Crippen LogP contribution in [0.3, 0.4) is 0 Å². The molecule has 0 saturated carbocycles. The number of anilines is 2. The second-order valence-corrected chi connectivity index (χ2v) is 10.1. The van der Waals surface area contributed by atoms with Crippen molar-refractivity contribution in [3.63, 3.8) is 0 Å². The number of aromatic nitrogens is 3. The Morgan fingerprint density at radius 1 is 1.29 bits per heavy atom. The first-order valence-electron chi connectivity index (χ1n) is 11.3. The second kappa shape index (κ2) is 10.7. The smallest absolute Gasteiger partial charge is 0.185 e. The van der Waals surface area contributed by atoms with Gasteiger partial charge in [0.15, 0.2) is 5.03 Å². The van der Waals surface area contributed by atoms with E-state index in [-0.39, 0.29) is 18.4 Å². The van der Waals surface area contributed by atoms with Crippen molar-refractivity contribution in [3.8, 4) is 0 Å². The summed E-state index contributed by atoms with van der Waals surface area (Å²) in [7, 11) is 0.187. The van der Waals surface area contributed by atoms with Crippen molar-refractivity contribution in [2.45, 2.75) is 31.1 Å². The van der Waals surface area contributed by atoms with Crippen LogP contribution in [-0.2, 0) is 18.0 Å². The Labute approximate surface area is 206 Å². The average molecular weight is 502 g/mol. The van der Waals surface area contributed by atoms with Crippen LogP contribution in [0.1, 0.15) is 29.7 Å². The number of alkyl halides is 1. The van der Waals surface area contributed by atoms with Gasteiger partial charge in [-0.15, -0.1) is 5.10 Å². The second-order valence-electron chi connectivity index (χ2n) is 8.67. The molecular formula is C24H29F2N7OS. The fourth-order valence-electron chi connectivity index (χ4n) is 4.34. The average Bonchev–Trinajstić information content (AvgIpc) is 3.26. The summed E-state index contributed by atoms with van der Waals surface area (Å²) in [6, 6.07) is 9.66. The van der Waals surface area contributed by atoms with E-state index in [0.717, 1.165) is 11.1 Å². The van der Waals surface area contributed by atoms with Gasteiger partial charge >= 0.3 is 0 Å². The summed E-state index contributed by atoms with van der Waals surface area (Å²) < 4.78 is 42.4. The van der Waals surface area contributed by atoms with Crippen molar-refractivity contribution in [1.29, 1.82) is 5.41 Å². The van der Waals surface area contributed by atoms with E-state index in [1.54, 1.807) is 19.2 Å². The Kier molecular flexibility index (Phi) is 7.68. The SMILES string of the molecule is Cc1cc(Nc2ccc(F)cc2)c(C=N)cc1C1CN(S(=O)c2cnn(C)n2)CCN1C[C@@H](C)F. The van der Waals surface area contributed by atoms with Gasteiger partial charge in [0.05, 0.1) is 6.20 Å². The molecule has 2 heterocycles. The summed E-state index contributed by atoms with van der Waals surface area (Å²) in [6.45, 7) is 5.22. The number of nitrogens with one attached hydrogen (secondary N) is 2. The maximum absolute atomic E-state index is 14.1. The molecule has 1 aliphatic heterocycles. The maximum atomic E-state index is 14.1. The monoisotopic (exact) mass is 501 g/mol. The highest BCUT2D eigenvalue weighted by Gasteiger charge is 2.34. The molecule has 0 radical (unpaired) electrons. The number of hydrogen-bond donors (Lipinski definition) is 2. The minimum absolute atomic E-state index is 0.221. The molecule has 0 amide bonds. The van der Waals surface area contributed by atoms with Gasteiger partial charge in [-0.25, -0.2) is 17.3 Å². The van der Waals surface area contributed by atoms with Crippen molar-refractivity contribution in [3.05, 3.63) is 65.1 Å². The fourth-order valence-corrected chi connectivity index (χ4v) is 5.45. The molecule has 3 aromatic rings. The Morgan fingerprint density at radius 3 is 2.66 bits per heavy atom. The minimum Gasteiger partial charge on any atom is -0.355 e. The molecule has 0 spiro atoms. The lowest BCUT2D eigenvalue weighted by atomic mass is 9.94. The topological polar surface area (TPSA) is 90.1 Å². The van der Waals surface area contributed by atoms with Gasteiger partial charge < -0.3 is 10.7 Å². The molecule has 2 unspecified atom stereocenters. The van der Waals surface area contributed by atoms with E-state index < -0.39 is 17.2 Å². The Balaban J connectivity index is 1.65. The van der Waals surface area contributed by atoms with Crippen molar-refractivity contribution >= 4 is 28.6 Å². The fraction of sp³-hybridized carbons (Fsp3) is 0.375. The highest BCUT2D eigenvalue weighted by atomic mass is 32.2. The molecule has 0 bridgehead atoms. The lowest BCUT2D eigenvalue weighted by Crippen LogP contribution is -2.50. The number of aryl methyl sites for hydroxylation is 2. The van der Waals surface area contributed by atoms with Gasteiger partial charge in [0, 0.05) is 62.4 Å². The molecule has 1 saturated heterocycles. The van der Waals surface area contributed by atoms with E-state index in [1.165, 1.54) is 36.3 Å². The van der Waals surface area contributed by atoms with Crippen LogP contribution in [0.25, 0.3) is 0 Å². The molecule has 11 heteroatoms. The van der Waals surface area contributed by atoms with Gasteiger partial charge in [-0.1, -0.05) is 0 Å². The summed E-state index contributed by atoms with van der Waals surface area (Å²) in [5.74, 6) is -0.322. The highest BCUT2D eigenvalue weighted by Crippen LogP contribution is 2.33. The molecule has 2 N–H and O–H groups in total. The van der Waals surface area contributed by atoms with Crippen LogP contribution in [0.2, 0.25) is 0 Å². The van der Waals surface area contributed by atoms with E-state index in [9.17, 15) is 13.0 Å². The molecule has 8 nitrogen and oxygen atoms in total. The third-order valence-corrected chi connectivity index (χ3v) is 7.35. The van der Waals surface area contributed by atoms with Gasteiger partial charge in [-0.05, 0) is 61.4 Å². The van der Waals surface area contributed by atoms with Gasteiger partial charge in [0.25, 0.3) is 0 Å². The molecule has 35 heavy (non-hydrogen) atoms. The molecule has 1 aliphatic rings. The standard InChI is InChI=1S/C24H29F2N7OS/c1-16-10-22(29-20-6-4-19(26)5-7-20)18(12-27)11-21(16)23-15-33(9-8-32(23)14-17(2)25)35(34)24-13-28-31(3)30-24/h4-7,10-13,17,23,27,29H,8-9,14-15H2,1-3H3/t17-,23?,35?/m1/s1. The zero-order valence-electron chi connectivity index (χ0n) is 19.9. The number of piperazine rings is 1. The molecule has 2 aromatic carbocycles. The summed E-state index contributed by atoms with van der Waals surface area (Å²) in [5, 5.41) is 19.8. The van der Waals surface area contributed by atoms with Crippen molar-refractivity contribution in [2.75, 3.05) is 31.5 Å². The van der Waals surface area contributed by atoms with Gasteiger partial charge in [0.2, 0.25) is 0 Å². The Morgan fingerprint density at radius 2 is 2.03 bits per heavy atom. The first kappa shape index (κ1) is 25.1. The van der Waals surface area contributed by atoms with Crippen LogP contribution in [-0.4, -0.2) is 67.0 Å². The minimum atomic E-state index is -1.49. The number of hydrogen-bond acceptors (Lipinski definition) is 6. The third-order valence-electron chi connectivity index (χ3n) is 6.01. The van der Waals surface area contributed by atoms with Gasteiger partial charge in [0.1, 0.15) is 23.0 Å². The van der Waals surface area contributed by atoms with Gasteiger partial charge in [-0.2, -0.15) is 9.90 Å². The zero-order chi connectivity index (χ0) is 25.1. The van der Waals surface area contributed by atoms with Crippen molar-refractivity contribution in [2.24, 2.45) is 7.05 Å². The van der Waals surface area contributed by atoms with Gasteiger partial charge in [-0.3, -0.25) is 4.90 Å². The molecule has 1 aromatic heterocycles. The van der Waals surface area contributed by atoms with Crippen LogP contribution in [0.4, 0.5) is 20.2 Å². The maximum Gasteiger partial charge on any atom is 0.185 e. The Hall–Kier alpha value is -3.02. The predicted octanol–water partition coefficient (Wildman–Crippen LogP) is 3.74. The number of rotatable bonds is 8. The van der Waals surface area contributed by atoms with Crippen molar-refractivity contribution in [1.82, 2.24) is 24.2 Å². The predicted molar refractivity (Wildman–Crippen MR) is 133 cm³/mol. The third kappa shape index (κ3) is 5.80. The van der Waals surface area contributed by atoms with Crippen LogP contribution in [0.5, 0.6) is 0 Å². The molecule has 3 atom stereocenters. The molecule has 4 rings (SSSR count). The van der Waals surface area contributed by atoms with Crippen LogP contribution >= 0.6 is 0 Å². The first-order valence-corrected chi connectivity index (χ1v) is 12.4. The summed E-state index contributed by atoms with van der Waals surface area (Å²) in [4.78, 5) is 3.44. The van der Waals surface area contributed by atoms with Crippen LogP contribution in [0, 0.1) is 18.2 Å². The first-order chi connectivity index (χ1) is 16.7. The molecular weight excluding hydrogens is 472 g/mol. The van der Waals surface area contributed by atoms with Crippen molar-refractivity contribution < 1.29 is 13.0 Å². The summed E-state index contributed by atoms with van der Waals surface area (Å²) in [6.07, 6.45) is 1.74.